The largest absolute Gasteiger partial charge is 0.496 e. The van der Waals surface area contributed by atoms with E-state index in [0.29, 0.717) is 23.3 Å². The molecule has 0 spiro atoms. The average Bonchev–Trinajstić information content (AvgIpc) is 2.69. The van der Waals surface area contributed by atoms with Crippen LogP contribution >= 0.6 is 24.0 Å². The molecule has 2 rings (SSSR count). The van der Waals surface area contributed by atoms with Crippen LogP contribution in [0, 0.1) is 5.41 Å². The first kappa shape index (κ1) is 25.5. The van der Waals surface area contributed by atoms with Gasteiger partial charge in [-0.1, -0.05) is 12.5 Å². The Labute approximate surface area is 191 Å². The molecule has 0 amide bonds. The maximum Gasteiger partial charge on any atom is 0.341 e. The predicted octanol–water partition coefficient (Wildman–Crippen LogP) is 3.36. The van der Waals surface area contributed by atoms with E-state index in [0.717, 1.165) is 37.6 Å². The summed E-state index contributed by atoms with van der Waals surface area (Å²) in [6.45, 7) is 4.96. The molecule has 0 heterocycles. The highest BCUT2D eigenvalue weighted by molar-refractivity contribution is 14.0. The fourth-order valence-electron chi connectivity index (χ4n) is 3.42. The molecule has 1 saturated carbocycles. The van der Waals surface area contributed by atoms with Gasteiger partial charge in [0.05, 0.1) is 20.8 Å². The number of nitrogens with zero attached hydrogens (tertiary/aromatic N) is 1. The number of carbonyl (C=O) groups is 1. The van der Waals surface area contributed by atoms with Gasteiger partial charge in [0.2, 0.25) is 0 Å². The average molecular weight is 519 g/mol. The number of nitrogens with one attached hydrogen (secondary N) is 2. The lowest BCUT2D eigenvalue weighted by atomic mass is 9.67. The van der Waals surface area contributed by atoms with Crippen molar-refractivity contribution in [1.29, 1.82) is 0 Å². The third kappa shape index (κ3) is 7.33. The van der Waals surface area contributed by atoms with Crippen LogP contribution in [0.15, 0.2) is 23.2 Å². The highest BCUT2D eigenvalue weighted by atomic mass is 127. The Morgan fingerprint density at radius 1 is 1.21 bits per heavy atom. The zero-order valence-electron chi connectivity index (χ0n) is 17.9. The predicted molar refractivity (Wildman–Crippen MR) is 125 cm³/mol. The molecular weight excluding hydrogens is 485 g/mol. The molecule has 0 aromatic heterocycles. The normalized spacial score (nSPS) is 15.0. The van der Waals surface area contributed by atoms with Gasteiger partial charge in [-0.05, 0) is 49.3 Å². The molecule has 29 heavy (non-hydrogen) atoms. The molecule has 0 atom stereocenters. The molecule has 0 unspecified atom stereocenters. The van der Waals surface area contributed by atoms with Crippen molar-refractivity contribution in [2.45, 2.75) is 39.2 Å². The van der Waals surface area contributed by atoms with Crippen LogP contribution in [0.2, 0.25) is 0 Å². The van der Waals surface area contributed by atoms with Crippen molar-refractivity contribution in [1.82, 2.24) is 10.6 Å². The molecule has 8 heteroatoms. The molecule has 2 N–H and O–H groups in total. The Morgan fingerprint density at radius 3 is 2.52 bits per heavy atom. The first-order valence-corrected chi connectivity index (χ1v) is 9.84. The van der Waals surface area contributed by atoms with Crippen LogP contribution < -0.4 is 15.4 Å². The van der Waals surface area contributed by atoms with Crippen molar-refractivity contribution in [2.75, 3.05) is 41.0 Å². The summed E-state index contributed by atoms with van der Waals surface area (Å²) >= 11 is 0. The van der Waals surface area contributed by atoms with Crippen LogP contribution in [-0.4, -0.2) is 53.0 Å². The summed E-state index contributed by atoms with van der Waals surface area (Å²) in [6, 6.07) is 5.44. The molecule has 0 saturated heterocycles. The monoisotopic (exact) mass is 519 g/mol. The number of carbonyl (C=O) groups excluding carboxylic acids is 1. The number of hydrogen-bond donors (Lipinski definition) is 2. The van der Waals surface area contributed by atoms with Crippen molar-refractivity contribution in [3.63, 3.8) is 0 Å². The van der Waals surface area contributed by atoms with E-state index in [-0.39, 0.29) is 24.0 Å². The summed E-state index contributed by atoms with van der Waals surface area (Å²) in [7, 11) is 4.65. The van der Waals surface area contributed by atoms with E-state index in [2.05, 4.69) is 15.6 Å². The molecule has 7 nitrogen and oxygen atoms in total. The maximum absolute atomic E-state index is 12.0. The van der Waals surface area contributed by atoms with Gasteiger partial charge in [-0.2, -0.15) is 0 Å². The Bertz CT molecular complexity index is 678. The molecule has 1 aliphatic rings. The molecule has 1 fully saturated rings. The number of aliphatic imine (C=N–C) groups is 1. The van der Waals surface area contributed by atoms with Crippen molar-refractivity contribution < 1.29 is 19.0 Å². The topological polar surface area (TPSA) is 81.2 Å². The molecule has 1 aliphatic carbocycles. The lowest BCUT2D eigenvalue weighted by Gasteiger charge is -2.42. The number of rotatable bonds is 10. The second-order valence-corrected chi connectivity index (χ2v) is 7.17. The maximum atomic E-state index is 12.0. The van der Waals surface area contributed by atoms with Crippen molar-refractivity contribution in [2.24, 2.45) is 10.4 Å². The first-order valence-electron chi connectivity index (χ1n) is 9.84. The van der Waals surface area contributed by atoms with Gasteiger partial charge < -0.3 is 24.8 Å². The lowest BCUT2D eigenvalue weighted by Crippen LogP contribution is -2.46. The van der Waals surface area contributed by atoms with Gasteiger partial charge in [-0.15, -0.1) is 24.0 Å². The van der Waals surface area contributed by atoms with Gasteiger partial charge >= 0.3 is 5.97 Å². The van der Waals surface area contributed by atoms with E-state index in [1.807, 2.05) is 13.0 Å². The summed E-state index contributed by atoms with van der Waals surface area (Å²) < 4.78 is 15.3. The van der Waals surface area contributed by atoms with Gasteiger partial charge in [-0.3, -0.25) is 0 Å². The van der Waals surface area contributed by atoms with E-state index in [1.165, 1.54) is 33.5 Å². The fraction of sp³-hybridized carbons (Fsp3) is 0.619. The second kappa shape index (κ2) is 12.9. The Kier molecular flexibility index (Phi) is 11.3. The number of hydrogen-bond acceptors (Lipinski definition) is 5. The molecule has 1 aromatic rings. The summed E-state index contributed by atoms with van der Waals surface area (Å²) in [5, 5.41) is 6.77. The third-order valence-electron chi connectivity index (χ3n) is 5.31. The van der Waals surface area contributed by atoms with Crippen LogP contribution in [-0.2, 0) is 16.0 Å². The van der Waals surface area contributed by atoms with E-state index in [1.54, 1.807) is 19.2 Å². The molecule has 0 bridgehead atoms. The van der Waals surface area contributed by atoms with Gasteiger partial charge in [-0.25, -0.2) is 9.79 Å². The molecule has 164 valence electrons. The van der Waals surface area contributed by atoms with Crippen molar-refractivity contribution in [3.05, 3.63) is 29.3 Å². The number of guanidine groups is 1. The minimum atomic E-state index is -0.419. The van der Waals surface area contributed by atoms with Crippen LogP contribution in [0.5, 0.6) is 5.75 Å². The molecule has 1 aromatic carbocycles. The van der Waals surface area contributed by atoms with Crippen molar-refractivity contribution in [3.8, 4) is 5.75 Å². The van der Waals surface area contributed by atoms with Crippen LogP contribution in [0.25, 0.3) is 0 Å². The Balaban J connectivity index is 0.00000420. The van der Waals surface area contributed by atoms with Crippen LogP contribution in [0.3, 0.4) is 0 Å². The smallest absolute Gasteiger partial charge is 0.341 e. The summed E-state index contributed by atoms with van der Waals surface area (Å²) in [5.41, 5.74) is 1.63. The lowest BCUT2D eigenvalue weighted by molar-refractivity contribution is 0.0597. The standard InChI is InChI=1S/C21H33N3O4.HI/c1-5-22-20(24-15-21(9-6-10-21)11-12-26-2)23-14-16-7-8-18(27-3)17(13-16)19(25)28-4;/h7-8,13H,5-6,9-12,14-15H2,1-4H3,(H2,22,23,24);1H. The van der Waals surface area contributed by atoms with Crippen LogP contribution in [0.1, 0.15) is 48.5 Å². The highest BCUT2D eigenvalue weighted by Crippen LogP contribution is 2.43. The second-order valence-electron chi connectivity index (χ2n) is 7.17. The zero-order valence-corrected chi connectivity index (χ0v) is 20.2. The van der Waals surface area contributed by atoms with Crippen LogP contribution in [0.4, 0.5) is 0 Å². The highest BCUT2D eigenvalue weighted by Gasteiger charge is 2.36. The molecule has 0 radical (unpaired) electrons. The number of ether oxygens (including phenoxy) is 3. The molecule has 0 aliphatic heterocycles. The third-order valence-corrected chi connectivity index (χ3v) is 5.31. The first-order chi connectivity index (χ1) is 13.6. The van der Waals surface area contributed by atoms with Gasteiger partial charge in [0.15, 0.2) is 5.96 Å². The van der Waals surface area contributed by atoms with Gasteiger partial charge in [0, 0.05) is 26.8 Å². The number of esters is 1. The zero-order chi connectivity index (χ0) is 20.4. The Morgan fingerprint density at radius 2 is 1.97 bits per heavy atom. The number of halogens is 1. The van der Waals surface area contributed by atoms with E-state index in [9.17, 15) is 4.79 Å². The fourth-order valence-corrected chi connectivity index (χ4v) is 3.42. The van der Waals surface area contributed by atoms with E-state index >= 15 is 0 Å². The molecular formula is C21H34IN3O4. The van der Waals surface area contributed by atoms with E-state index in [4.69, 9.17) is 14.2 Å². The van der Waals surface area contributed by atoms with E-state index < -0.39 is 5.97 Å². The summed E-state index contributed by atoms with van der Waals surface area (Å²) in [6.07, 6.45) is 4.80. The van der Waals surface area contributed by atoms with Crippen molar-refractivity contribution >= 4 is 35.9 Å². The summed E-state index contributed by atoms with van der Waals surface area (Å²) in [4.78, 5) is 16.6. The van der Waals surface area contributed by atoms with Gasteiger partial charge in [0.25, 0.3) is 0 Å². The summed E-state index contributed by atoms with van der Waals surface area (Å²) in [5.74, 6) is 0.856. The minimum Gasteiger partial charge on any atom is -0.496 e. The number of methoxy groups -OCH3 is 3. The number of benzene rings is 1. The van der Waals surface area contributed by atoms with Gasteiger partial charge in [0.1, 0.15) is 11.3 Å². The minimum absolute atomic E-state index is 0. The Hall–Kier alpha value is -1.55. The SMILES string of the molecule is CCNC(=NCc1ccc(OC)c(C(=O)OC)c1)NCC1(CCOC)CCC1.I. The quantitative estimate of drug-likeness (QED) is 0.214.